The van der Waals surface area contributed by atoms with Crippen LogP contribution in [-0.4, -0.2) is 95.3 Å². The van der Waals surface area contributed by atoms with E-state index in [0.29, 0.717) is 17.0 Å². The van der Waals surface area contributed by atoms with Crippen LogP contribution >= 0.6 is 0 Å². The second-order valence-corrected chi connectivity index (χ2v) is 14.1. The number of hydrogen-bond acceptors (Lipinski definition) is 10. The number of imide groups is 2. The van der Waals surface area contributed by atoms with E-state index >= 15 is 0 Å². The van der Waals surface area contributed by atoms with E-state index in [2.05, 4.69) is 66.5 Å². The zero-order valence-electron chi connectivity index (χ0n) is 28.8. The van der Waals surface area contributed by atoms with Crippen LogP contribution < -0.4 is 20.4 Å². The van der Waals surface area contributed by atoms with Gasteiger partial charge >= 0.3 is 0 Å². The van der Waals surface area contributed by atoms with Crippen LogP contribution in [0.15, 0.2) is 67.1 Å². The van der Waals surface area contributed by atoms with Crippen molar-refractivity contribution in [3.63, 3.8) is 0 Å². The van der Waals surface area contributed by atoms with Gasteiger partial charge in [-0.25, -0.2) is 4.98 Å². The number of piperazine rings is 1. The fraction of sp³-hybridized carbons (Fsp3) is 0.385. The number of aryl methyl sites for hydroxylation is 1. The summed E-state index contributed by atoms with van der Waals surface area (Å²) in [5.74, 6) is -0.371. The lowest BCUT2D eigenvalue weighted by atomic mass is 9.92. The van der Waals surface area contributed by atoms with Crippen molar-refractivity contribution in [2.45, 2.75) is 45.1 Å². The molecule has 1 atom stereocenters. The van der Waals surface area contributed by atoms with Gasteiger partial charge in [0.15, 0.2) is 0 Å². The highest BCUT2D eigenvalue weighted by Gasteiger charge is 2.44. The van der Waals surface area contributed by atoms with Crippen molar-refractivity contribution in [3.8, 4) is 0 Å². The second-order valence-electron chi connectivity index (χ2n) is 14.1. The third-order valence-corrected chi connectivity index (χ3v) is 11.0. The molecule has 4 amide bonds. The van der Waals surface area contributed by atoms with Crippen LogP contribution in [-0.2, 0) is 9.59 Å². The Morgan fingerprint density at radius 3 is 2.41 bits per heavy atom. The number of benzene rings is 2. The molecule has 2 aromatic heterocycles. The zero-order valence-corrected chi connectivity index (χ0v) is 28.8. The fourth-order valence-electron chi connectivity index (χ4n) is 7.94. The van der Waals surface area contributed by atoms with E-state index in [1.807, 2.05) is 30.7 Å². The third-order valence-electron chi connectivity index (χ3n) is 11.0. The van der Waals surface area contributed by atoms with Crippen LogP contribution in [0, 0.1) is 12.8 Å². The minimum Gasteiger partial charge on any atom is -0.371 e. The minimum absolute atomic E-state index is 0.106. The quantitative estimate of drug-likeness (QED) is 0.255. The molecule has 1 unspecified atom stereocenters. The van der Waals surface area contributed by atoms with Crippen molar-refractivity contribution < 1.29 is 19.2 Å². The van der Waals surface area contributed by atoms with Gasteiger partial charge in [0.1, 0.15) is 11.9 Å². The Bertz CT molecular complexity index is 2020. The molecule has 4 aromatic rings. The van der Waals surface area contributed by atoms with Gasteiger partial charge in [0, 0.05) is 92.8 Å². The summed E-state index contributed by atoms with van der Waals surface area (Å²) < 4.78 is 0. The maximum absolute atomic E-state index is 13.3. The van der Waals surface area contributed by atoms with Gasteiger partial charge in [0.25, 0.3) is 11.8 Å². The molecule has 6 heterocycles. The van der Waals surface area contributed by atoms with Crippen LogP contribution in [0.25, 0.3) is 10.8 Å². The van der Waals surface area contributed by atoms with Gasteiger partial charge in [-0.05, 0) is 92.4 Å². The van der Waals surface area contributed by atoms with Gasteiger partial charge in [-0.2, -0.15) is 0 Å². The number of nitrogens with zero attached hydrogens (tertiary/aromatic N) is 6. The van der Waals surface area contributed by atoms with E-state index < -0.39 is 23.8 Å². The highest BCUT2D eigenvalue weighted by molar-refractivity contribution is 6.23. The molecule has 0 bridgehead atoms. The first-order valence-electron chi connectivity index (χ1n) is 18.0. The third kappa shape index (κ3) is 6.63. The second kappa shape index (κ2) is 13.7. The van der Waals surface area contributed by atoms with Crippen molar-refractivity contribution in [3.05, 3.63) is 83.8 Å². The SMILES string of the molecule is Cc1cnc(Nc2ccc3cnccc3c2)cc1N1CCC(CCN2CCN(c3ccc4c(c3)C(=O)N(C3CCC(=O)NC3=O)C4=O)CC2)CC1. The highest BCUT2D eigenvalue weighted by Crippen LogP contribution is 2.33. The van der Waals surface area contributed by atoms with Crippen molar-refractivity contribution in [1.82, 2.24) is 25.1 Å². The first-order valence-corrected chi connectivity index (χ1v) is 18.0. The van der Waals surface area contributed by atoms with E-state index in [-0.39, 0.29) is 18.7 Å². The van der Waals surface area contributed by atoms with Crippen LogP contribution in [0.2, 0.25) is 0 Å². The summed E-state index contributed by atoms with van der Waals surface area (Å²) in [5.41, 5.74) is 4.99. The van der Waals surface area contributed by atoms with Gasteiger partial charge in [-0.1, -0.05) is 6.07 Å². The predicted molar refractivity (Wildman–Crippen MR) is 195 cm³/mol. The number of carbonyl (C=O) groups is 4. The van der Waals surface area contributed by atoms with E-state index in [1.54, 1.807) is 12.1 Å². The van der Waals surface area contributed by atoms with E-state index in [0.717, 1.165) is 78.7 Å². The van der Waals surface area contributed by atoms with E-state index in [4.69, 9.17) is 0 Å². The lowest BCUT2D eigenvalue weighted by molar-refractivity contribution is -0.136. The Kier molecular flexibility index (Phi) is 8.85. The smallest absolute Gasteiger partial charge is 0.262 e. The van der Waals surface area contributed by atoms with E-state index in [9.17, 15) is 19.2 Å². The van der Waals surface area contributed by atoms with Crippen molar-refractivity contribution in [2.24, 2.45) is 5.92 Å². The van der Waals surface area contributed by atoms with Crippen LogP contribution in [0.1, 0.15) is 58.4 Å². The number of nitrogens with one attached hydrogen (secondary N) is 2. The van der Waals surface area contributed by atoms with Crippen LogP contribution in [0.5, 0.6) is 0 Å². The Hall–Kier alpha value is -5.36. The largest absolute Gasteiger partial charge is 0.371 e. The standard InChI is InChI=1S/C39H42N8O4/c1-25-23-41-35(42-29-3-2-28-24-40-12-8-27(28)20-29)22-34(25)46-14-10-26(11-15-46)9-13-44-16-18-45(19-17-44)30-4-5-31-32(21-30)39(51)47(38(31)50)33-6-7-36(48)43-37(33)49/h2-5,8,12,20-24,26,33H,6-7,9-11,13-19H2,1H3,(H,41,42)(H,43,48,49). The molecule has 2 aromatic carbocycles. The molecule has 3 saturated heterocycles. The average Bonchev–Trinajstić information content (AvgIpc) is 3.40. The van der Waals surface area contributed by atoms with Crippen molar-refractivity contribution in [2.75, 3.05) is 60.9 Å². The minimum atomic E-state index is -0.954. The van der Waals surface area contributed by atoms with Gasteiger partial charge in [0.05, 0.1) is 11.1 Å². The number of hydrogen-bond donors (Lipinski definition) is 2. The highest BCUT2D eigenvalue weighted by atomic mass is 16.2. The number of rotatable bonds is 8. The molecule has 3 fully saturated rings. The molecule has 51 heavy (non-hydrogen) atoms. The first kappa shape index (κ1) is 32.8. The van der Waals surface area contributed by atoms with Crippen LogP contribution in [0.3, 0.4) is 0 Å². The Morgan fingerprint density at radius 2 is 1.61 bits per heavy atom. The maximum atomic E-state index is 13.3. The van der Waals surface area contributed by atoms with Crippen molar-refractivity contribution >= 4 is 57.3 Å². The molecule has 0 radical (unpaired) electrons. The number of piperidine rings is 2. The summed E-state index contributed by atoms with van der Waals surface area (Å²) in [6, 6.07) is 14.9. The van der Waals surface area contributed by atoms with Gasteiger partial charge in [-0.3, -0.25) is 39.3 Å². The first-order chi connectivity index (χ1) is 24.8. The van der Waals surface area contributed by atoms with E-state index in [1.165, 1.54) is 30.5 Å². The summed E-state index contributed by atoms with van der Waals surface area (Å²) >= 11 is 0. The topological polar surface area (TPSA) is 131 Å². The summed E-state index contributed by atoms with van der Waals surface area (Å²) in [4.78, 5) is 67.6. The summed E-state index contributed by atoms with van der Waals surface area (Å²) in [6.45, 7) is 8.82. The Labute approximate surface area is 296 Å². The molecule has 4 aliphatic rings. The molecule has 0 saturated carbocycles. The summed E-state index contributed by atoms with van der Waals surface area (Å²) in [6.07, 6.45) is 9.42. The Morgan fingerprint density at radius 1 is 0.804 bits per heavy atom. The predicted octanol–water partition coefficient (Wildman–Crippen LogP) is 4.51. The average molecular weight is 687 g/mol. The molecule has 12 nitrogen and oxygen atoms in total. The van der Waals surface area contributed by atoms with Crippen molar-refractivity contribution in [1.29, 1.82) is 0 Å². The van der Waals surface area contributed by atoms with Gasteiger partial charge in [-0.15, -0.1) is 0 Å². The molecule has 262 valence electrons. The number of pyridine rings is 2. The molecule has 4 aliphatic heterocycles. The number of aromatic nitrogens is 2. The number of carbonyl (C=O) groups excluding carboxylic acids is 4. The van der Waals surface area contributed by atoms with Gasteiger partial charge in [0.2, 0.25) is 11.8 Å². The molecule has 0 spiro atoms. The molecular weight excluding hydrogens is 644 g/mol. The number of fused-ring (bicyclic) bond motifs is 2. The lowest BCUT2D eigenvalue weighted by Gasteiger charge is -2.38. The number of anilines is 4. The van der Waals surface area contributed by atoms with Crippen LogP contribution in [0.4, 0.5) is 22.9 Å². The summed E-state index contributed by atoms with van der Waals surface area (Å²) in [7, 11) is 0. The lowest BCUT2D eigenvalue weighted by Crippen LogP contribution is -2.54. The van der Waals surface area contributed by atoms with Gasteiger partial charge < -0.3 is 15.1 Å². The zero-order chi connectivity index (χ0) is 35.1. The fourth-order valence-corrected chi connectivity index (χ4v) is 7.94. The molecular formula is C39H42N8O4. The molecule has 12 heteroatoms. The maximum Gasteiger partial charge on any atom is 0.262 e. The molecule has 0 aliphatic carbocycles. The summed E-state index contributed by atoms with van der Waals surface area (Å²) in [5, 5.41) is 8.00. The molecule has 8 rings (SSSR count). The number of amides is 4. The monoisotopic (exact) mass is 686 g/mol. The normalized spacial score (nSPS) is 20.3. The molecule has 2 N–H and O–H groups in total. The Balaban J connectivity index is 0.811.